The van der Waals surface area contributed by atoms with Crippen LogP contribution in [0.2, 0.25) is 0 Å². The van der Waals surface area contributed by atoms with E-state index in [9.17, 15) is 108 Å². The number of aliphatic carboxylic acids is 2. The lowest BCUT2D eigenvalue weighted by molar-refractivity contribution is -0.383. The summed E-state index contributed by atoms with van der Waals surface area (Å²) in [6, 6.07) is -8.68. The molecule has 2 aliphatic heterocycles. The first kappa shape index (κ1) is 132. The molecule has 0 spiro atoms. The Hall–Kier alpha value is -10.4. The van der Waals surface area contributed by atoms with Crippen LogP contribution in [0.25, 0.3) is 11.0 Å². The molecule has 17 N–H and O–H groups in total. The van der Waals surface area contributed by atoms with E-state index in [1.54, 1.807) is 6.92 Å². The Balaban J connectivity index is 1.32. The number of anilines is 1. The molecule has 18 atom stereocenters. The summed E-state index contributed by atoms with van der Waals surface area (Å²) in [5.41, 5.74) is 15.1. The van der Waals surface area contributed by atoms with E-state index in [1.807, 2.05) is 6.92 Å². The van der Waals surface area contributed by atoms with Crippen LogP contribution in [0.4, 0.5) is 11.4 Å². The van der Waals surface area contributed by atoms with Crippen molar-refractivity contribution in [2.45, 2.75) is 408 Å². The molecule has 2 fully saturated rings. The number of aliphatic hydroxyl groups is 4. The molecule has 8 amide bonds. The lowest BCUT2D eigenvalue weighted by Crippen LogP contribution is -2.70. The molecule has 42 nitrogen and oxygen atoms in total. The zero-order valence-electron chi connectivity index (χ0n) is 90.6. The van der Waals surface area contributed by atoms with Crippen LogP contribution >= 0.6 is 15.6 Å². The molecular formula is C106H168N12O30P2. The van der Waals surface area contributed by atoms with Crippen LogP contribution in [0.5, 0.6) is 0 Å². The molecule has 44 heteroatoms. The number of unbranched alkanes of at least 4 members (excludes halogenated alkanes) is 3. The standard InChI is InChI=1S/C106H168N12O30P2/c1-66(2)34-24-35-67(3)36-25-37-68(4)38-26-39-69(5)40-27-41-70(6)42-28-43-71(7)44-29-45-72(8)46-30-47-73(9)48-31-49-74(10)50-32-51-75(11)52-33-53-76(12)60-63-141-149(137,138)148-150(139,140)146-106-94(113-82(18)122)98(97(88(65-120)144-106)145-105-93(112-81(17)121)96(126)95(125)87(64-119)143-105)142-80(16)101(129)109-78(14)100(128)115-85(104(133)134)57-59-90(124)114-84(102(130)110-77(13)99(127)111-79(15)103(131)132)54-21-23-62-108-89(123)55-20-19-22-61-107-83-56-58-86(118(135)136)92-91(83)116-147-117-92/h34,36,38,40,42,44,46,48,50,52,56,58,60,77-80,84-85,87-88,93-98,105-107,119-120,125-126H,19-33,35,37,39,41,43,45,47,49,51,53-55,57,59,61-65H2,1-18H3,(H,108,123)(H,109,129)(H,110,130)(H,111,127)(H,112,121)(H,113,122)(H,114,124)(H,115,128)(H,131,132)(H,133,134)(H,137,138)(H,139,140)/b67-36+,68-38+,69-40+,70-42-,71-44-,72-46-,73-48-,74-50-,75-52-,76-60-/t77-,78+,79-,80-,84+,85-,87-,88-,93-,94-,95-,96-,97-,98-,105+,106-/m1/s1. The number of ether oxygens (including phenoxy) is 4. The number of allylic oxidation sites excluding steroid dienone is 21. The average molecular weight is 2150 g/mol. The Morgan fingerprint density at radius 3 is 1.33 bits per heavy atom. The van der Waals surface area contributed by atoms with Gasteiger partial charge < -0.3 is 107 Å². The highest BCUT2D eigenvalue weighted by Crippen LogP contribution is 2.61. The van der Waals surface area contributed by atoms with Crippen LogP contribution in [0.15, 0.2) is 145 Å². The molecule has 1 aromatic carbocycles. The number of amides is 8. The monoisotopic (exact) mass is 2150 g/mol. The molecule has 0 bridgehead atoms. The van der Waals surface area contributed by atoms with Crippen molar-refractivity contribution in [3.63, 3.8) is 0 Å². The quantitative estimate of drug-likeness (QED) is 0.00961. The molecule has 2 unspecified atom stereocenters. The Morgan fingerprint density at radius 2 is 0.880 bits per heavy atom. The molecule has 842 valence electrons. The molecule has 1 aromatic heterocycles. The van der Waals surface area contributed by atoms with Gasteiger partial charge in [0.05, 0.1) is 30.4 Å². The van der Waals surface area contributed by atoms with E-state index >= 15 is 0 Å². The average Bonchev–Trinajstić information content (AvgIpc) is 1.01. The van der Waals surface area contributed by atoms with E-state index in [2.05, 4.69) is 188 Å². The van der Waals surface area contributed by atoms with Gasteiger partial charge in [0, 0.05) is 45.8 Å². The SMILES string of the molecule is CC(=O)N[C@H]1[C@H](O[C@H]2[C@H](O[C@H](C)C(=O)N[C@@H](C)C(=O)N[C@H](CCC(=O)N[C@@H](CCCCNC(=O)CCCCCNc3ccc([N+](=O)[O-])c4nonc34)C(=O)N[C@H](C)C(=O)N[C@H](C)C(=O)O)C(=O)O)[C@@H](NC(C)=O)[C@@H](OP(=O)(O)OP(=O)(O)OC/C=C(/C)CC/C=C(/C)CC/C=C(/C)CC/C=C(/C)CC/C=C(/C)CC/C=C(/C)CC/C=C(/C)CC/C=C(\C)CC/C=C(\C)CC/C=C(\C)CCC=C(C)C)O[C@@H]2CO)O[C@H](CO)[C@@H](O)[C@@H]1O. The number of non-ortho nitro benzene ring substituents is 1. The fourth-order valence-corrected chi connectivity index (χ4v) is 18.4. The van der Waals surface area contributed by atoms with E-state index in [1.165, 1.54) is 82.2 Å². The predicted molar refractivity (Wildman–Crippen MR) is 568 cm³/mol. The number of nitrogens with zero attached hydrogens (tertiary/aromatic N) is 3. The molecule has 2 saturated heterocycles. The van der Waals surface area contributed by atoms with Crippen LogP contribution in [0.3, 0.4) is 0 Å². The second-order valence-electron chi connectivity index (χ2n) is 39.3. The maximum Gasteiger partial charge on any atom is 0.483 e. The number of nitro groups is 1. The van der Waals surface area contributed by atoms with Gasteiger partial charge >= 0.3 is 33.3 Å². The number of nitro benzene ring substituents is 1. The maximum absolute atomic E-state index is 14.3. The summed E-state index contributed by atoms with van der Waals surface area (Å²) in [6.07, 6.45) is 27.9. The van der Waals surface area contributed by atoms with Crippen LogP contribution < -0.4 is 47.9 Å². The molecule has 0 aliphatic carbocycles. The first-order chi connectivity index (χ1) is 70.8. The number of hydrogen-bond acceptors (Lipinski definition) is 29. The van der Waals surface area contributed by atoms with Gasteiger partial charge in [0.15, 0.2) is 18.1 Å². The molecule has 150 heavy (non-hydrogen) atoms. The van der Waals surface area contributed by atoms with Crippen LogP contribution in [0, 0.1) is 10.1 Å². The van der Waals surface area contributed by atoms with Gasteiger partial charge in [-0.1, -0.05) is 135 Å². The molecule has 3 heterocycles. The third-order valence-electron chi connectivity index (χ3n) is 25.3. The van der Waals surface area contributed by atoms with Crippen molar-refractivity contribution in [3.05, 3.63) is 150 Å². The Kier molecular flexibility index (Phi) is 61.6. The number of aromatic nitrogens is 2. The van der Waals surface area contributed by atoms with Gasteiger partial charge in [0.2, 0.25) is 52.8 Å². The van der Waals surface area contributed by atoms with Crippen LogP contribution in [-0.2, 0) is 89.4 Å². The fraction of sp³-hybridized carbons (Fsp3) is 0.642. The van der Waals surface area contributed by atoms with Gasteiger partial charge in [-0.05, 0) is 294 Å². The van der Waals surface area contributed by atoms with Crippen molar-refractivity contribution in [2.75, 3.05) is 38.2 Å². The zero-order chi connectivity index (χ0) is 112. The highest BCUT2D eigenvalue weighted by molar-refractivity contribution is 7.61. The number of phosphoric acid groups is 2. The number of aliphatic hydroxyl groups excluding tert-OH is 4. The fourth-order valence-electron chi connectivity index (χ4n) is 16.3. The van der Waals surface area contributed by atoms with Crippen molar-refractivity contribution >= 4 is 97.2 Å². The minimum Gasteiger partial charge on any atom is -0.480 e. The highest BCUT2D eigenvalue weighted by Gasteiger charge is 2.56. The second kappa shape index (κ2) is 70.0. The molecular weight excluding hydrogens is 1980 g/mol. The molecule has 4 rings (SSSR count). The largest absolute Gasteiger partial charge is 0.483 e. The zero-order valence-corrected chi connectivity index (χ0v) is 92.4. The molecule has 0 radical (unpaired) electrons. The lowest BCUT2D eigenvalue weighted by atomic mass is 9.94. The number of carbonyl (C=O) groups is 10. The number of benzene rings is 1. The van der Waals surface area contributed by atoms with E-state index < -0.39 is 204 Å². The van der Waals surface area contributed by atoms with Crippen molar-refractivity contribution < 1.29 is 139 Å². The van der Waals surface area contributed by atoms with Crippen molar-refractivity contribution in [1.29, 1.82) is 0 Å². The number of carboxylic acids is 2. The first-order valence-corrected chi connectivity index (χ1v) is 54.8. The Labute approximate surface area is 882 Å². The van der Waals surface area contributed by atoms with Crippen molar-refractivity contribution in [1.82, 2.24) is 52.8 Å². The van der Waals surface area contributed by atoms with Gasteiger partial charge in [0.25, 0.3) is 0 Å². The number of phosphoric ester groups is 2. The molecule has 2 aliphatic rings. The minimum absolute atomic E-state index is 0.0121. The minimum atomic E-state index is -5.99. The number of nitrogens with one attached hydrogen (secondary N) is 9. The van der Waals surface area contributed by atoms with Crippen molar-refractivity contribution in [2.24, 2.45) is 0 Å². The van der Waals surface area contributed by atoms with Gasteiger partial charge in [0.1, 0.15) is 85.0 Å². The number of fused-ring (bicyclic) bond motifs is 1. The smallest absolute Gasteiger partial charge is 0.480 e. The van der Waals surface area contributed by atoms with Crippen molar-refractivity contribution in [3.8, 4) is 0 Å². The highest BCUT2D eigenvalue weighted by atomic mass is 31.3. The number of carbonyl (C=O) groups excluding carboxylic acids is 8. The summed E-state index contributed by atoms with van der Waals surface area (Å²) in [5.74, 6) is -10.3. The summed E-state index contributed by atoms with van der Waals surface area (Å²) >= 11 is 0. The summed E-state index contributed by atoms with van der Waals surface area (Å²) in [7, 11) is -11.6. The van der Waals surface area contributed by atoms with Gasteiger partial charge in [-0.2, -0.15) is 4.31 Å². The number of rotatable bonds is 72. The third kappa shape index (κ3) is 52.8. The third-order valence-corrected chi connectivity index (χ3v) is 27.9. The summed E-state index contributed by atoms with van der Waals surface area (Å²) in [6.45, 7) is 30.3. The van der Waals surface area contributed by atoms with E-state index in [0.29, 0.717) is 49.9 Å². The number of hydrogen-bond donors (Lipinski definition) is 17. The first-order valence-electron chi connectivity index (χ1n) is 51.8. The van der Waals surface area contributed by atoms with Crippen LogP contribution in [-0.4, -0.2) is 245 Å². The Morgan fingerprint density at radius 1 is 0.447 bits per heavy atom. The van der Waals surface area contributed by atoms with Gasteiger partial charge in [-0.3, -0.25) is 62.3 Å². The van der Waals surface area contributed by atoms with Gasteiger partial charge in [-0.15, -0.1) is 0 Å². The van der Waals surface area contributed by atoms with E-state index in [-0.39, 0.29) is 54.9 Å². The number of carboxylic acid groups (broad SMARTS) is 2. The predicted octanol–water partition coefficient (Wildman–Crippen LogP) is 14.6. The molecule has 0 saturated carbocycles. The normalized spacial score (nSPS) is 21.0. The van der Waals surface area contributed by atoms with E-state index in [4.69, 9.17) is 36.9 Å². The van der Waals surface area contributed by atoms with Crippen LogP contribution in [0.1, 0.15) is 311 Å². The lowest BCUT2D eigenvalue weighted by Gasteiger charge is -2.49. The topological polar surface area (TPSA) is 622 Å². The van der Waals surface area contributed by atoms with E-state index in [0.717, 1.165) is 149 Å². The summed E-state index contributed by atoms with van der Waals surface area (Å²) < 4.78 is 71.4. The summed E-state index contributed by atoms with van der Waals surface area (Å²) in [5, 5.41) is 104. The Bertz CT molecular complexity index is 5170. The maximum atomic E-state index is 14.3. The summed E-state index contributed by atoms with van der Waals surface area (Å²) in [4.78, 5) is 164. The molecule has 2 aromatic rings. The second-order valence-corrected chi connectivity index (χ2v) is 42.3. The van der Waals surface area contributed by atoms with Gasteiger partial charge in [-0.25, -0.2) is 18.6 Å².